The summed E-state index contributed by atoms with van der Waals surface area (Å²) in [5.74, 6) is 0.00688. The zero-order valence-corrected chi connectivity index (χ0v) is 17.5. The fraction of sp³-hybridized carbons (Fsp3) is 0.261. The van der Waals surface area contributed by atoms with E-state index in [1.54, 1.807) is 29.2 Å². The molecule has 0 aliphatic carbocycles. The lowest BCUT2D eigenvalue weighted by Gasteiger charge is -2.45. The Morgan fingerprint density at radius 3 is 2.47 bits per heavy atom. The number of aromatic nitrogens is 1. The van der Waals surface area contributed by atoms with E-state index in [4.69, 9.17) is 16.3 Å². The largest absolute Gasteiger partial charge is 0.506 e. The smallest absolute Gasteiger partial charge is 0.431 e. The average molecular weight is 463 g/mol. The monoisotopic (exact) mass is 462 g/mol. The predicted octanol–water partition coefficient (Wildman–Crippen LogP) is 5.38. The van der Waals surface area contributed by atoms with Crippen molar-refractivity contribution < 1.29 is 27.8 Å². The van der Waals surface area contributed by atoms with Gasteiger partial charge >= 0.3 is 6.18 Å². The minimum absolute atomic E-state index is 0.0778. The van der Waals surface area contributed by atoms with Crippen molar-refractivity contribution in [1.29, 1.82) is 0 Å². The van der Waals surface area contributed by atoms with E-state index in [9.17, 15) is 23.1 Å². The number of piperidine rings is 1. The molecular weight excluding hydrogens is 445 g/mol. The van der Waals surface area contributed by atoms with Crippen LogP contribution in [0, 0.1) is 0 Å². The number of nitrogens with zero attached hydrogens (tertiary/aromatic N) is 2. The van der Waals surface area contributed by atoms with Crippen molar-refractivity contribution >= 4 is 17.5 Å². The van der Waals surface area contributed by atoms with Crippen LogP contribution >= 0.6 is 11.6 Å². The van der Waals surface area contributed by atoms with Gasteiger partial charge in [0.25, 0.3) is 5.91 Å². The lowest BCUT2D eigenvalue weighted by molar-refractivity contribution is -0.143. The molecule has 0 radical (unpaired) electrons. The Bertz CT molecular complexity index is 1210. The summed E-state index contributed by atoms with van der Waals surface area (Å²) < 4.78 is 48.7. The predicted molar refractivity (Wildman–Crippen MR) is 111 cm³/mol. The third kappa shape index (κ3) is 3.21. The molecule has 1 amide bonds. The molecule has 32 heavy (non-hydrogen) atoms. The van der Waals surface area contributed by atoms with Gasteiger partial charge in [-0.05, 0) is 42.5 Å². The molecule has 9 heteroatoms. The van der Waals surface area contributed by atoms with Gasteiger partial charge in [-0.1, -0.05) is 23.7 Å². The van der Waals surface area contributed by atoms with Crippen molar-refractivity contribution in [2.75, 3.05) is 13.1 Å². The Kier molecular flexibility index (Phi) is 4.67. The fourth-order valence-electron chi connectivity index (χ4n) is 4.52. The third-order valence-corrected chi connectivity index (χ3v) is 6.41. The molecule has 2 aliphatic heterocycles. The number of halogens is 4. The standard InChI is InChI=1S/C23H18ClF3N2O3/c24-15-13-14(5-6-17(15)30)21(31)28-11-9-22(10-12-28)19-7-8-20(23(25,26)27)29(19)16-3-1-2-4-18(16)32-22/h1-8,13,30H,9-12H2. The summed E-state index contributed by atoms with van der Waals surface area (Å²) in [6.45, 7) is 0.595. The topological polar surface area (TPSA) is 54.7 Å². The maximum Gasteiger partial charge on any atom is 0.431 e. The van der Waals surface area contributed by atoms with Crippen LogP contribution < -0.4 is 4.74 Å². The lowest BCUT2D eigenvalue weighted by atomic mass is 9.86. The Morgan fingerprint density at radius 2 is 1.78 bits per heavy atom. The highest BCUT2D eigenvalue weighted by atomic mass is 35.5. The second-order valence-electron chi connectivity index (χ2n) is 7.96. The maximum atomic E-state index is 13.7. The van der Waals surface area contributed by atoms with E-state index in [1.165, 1.54) is 28.8 Å². The quantitative estimate of drug-likeness (QED) is 0.528. The summed E-state index contributed by atoms with van der Waals surface area (Å²) in [5, 5.41) is 9.66. The van der Waals surface area contributed by atoms with Gasteiger partial charge in [-0.3, -0.25) is 4.79 Å². The molecule has 1 aromatic heterocycles. The number of phenols is 1. The van der Waals surface area contributed by atoms with Crippen LogP contribution in [0.2, 0.25) is 5.02 Å². The Hall–Kier alpha value is -3.13. The van der Waals surface area contributed by atoms with Crippen molar-refractivity contribution in [2.24, 2.45) is 0 Å². The molecule has 0 atom stereocenters. The van der Waals surface area contributed by atoms with Crippen LogP contribution in [0.25, 0.3) is 5.69 Å². The van der Waals surface area contributed by atoms with E-state index < -0.39 is 17.5 Å². The van der Waals surface area contributed by atoms with Crippen LogP contribution in [-0.2, 0) is 11.8 Å². The molecule has 0 saturated carbocycles. The number of aromatic hydroxyl groups is 1. The van der Waals surface area contributed by atoms with Gasteiger partial charge in [0.1, 0.15) is 17.2 Å². The van der Waals surface area contributed by atoms with E-state index >= 15 is 0 Å². The number of hydrogen-bond donors (Lipinski definition) is 1. The van der Waals surface area contributed by atoms with Crippen molar-refractivity contribution in [3.63, 3.8) is 0 Å². The van der Waals surface area contributed by atoms with Crippen LogP contribution in [0.15, 0.2) is 54.6 Å². The number of amides is 1. The van der Waals surface area contributed by atoms with Crippen molar-refractivity contribution in [3.05, 3.63) is 76.6 Å². The van der Waals surface area contributed by atoms with Gasteiger partial charge in [-0.25, -0.2) is 0 Å². The average Bonchev–Trinajstić information content (AvgIpc) is 3.23. The molecular formula is C23H18ClF3N2O3. The fourth-order valence-corrected chi connectivity index (χ4v) is 4.70. The van der Waals surface area contributed by atoms with E-state index in [0.29, 0.717) is 48.6 Å². The lowest BCUT2D eigenvalue weighted by Crippen LogP contribution is -2.50. The van der Waals surface area contributed by atoms with Gasteiger partial charge in [0, 0.05) is 31.5 Å². The van der Waals surface area contributed by atoms with Crippen LogP contribution in [0.3, 0.4) is 0 Å². The first-order chi connectivity index (χ1) is 15.2. The first-order valence-electron chi connectivity index (χ1n) is 10.1. The number of hydrogen-bond acceptors (Lipinski definition) is 3. The van der Waals surface area contributed by atoms with E-state index in [1.807, 2.05) is 0 Å². The zero-order valence-electron chi connectivity index (χ0n) is 16.7. The molecule has 3 heterocycles. The molecule has 5 rings (SSSR count). The maximum absolute atomic E-state index is 13.7. The first-order valence-corrected chi connectivity index (χ1v) is 10.4. The van der Waals surface area contributed by atoms with Crippen LogP contribution in [0.4, 0.5) is 13.2 Å². The van der Waals surface area contributed by atoms with Gasteiger partial charge in [-0.2, -0.15) is 13.2 Å². The minimum Gasteiger partial charge on any atom is -0.506 e. The molecule has 0 unspecified atom stereocenters. The normalized spacial score (nSPS) is 16.9. The molecule has 5 nitrogen and oxygen atoms in total. The third-order valence-electron chi connectivity index (χ3n) is 6.10. The highest BCUT2D eigenvalue weighted by Gasteiger charge is 2.48. The second kappa shape index (κ2) is 7.20. The van der Waals surface area contributed by atoms with Gasteiger partial charge in [-0.15, -0.1) is 0 Å². The summed E-state index contributed by atoms with van der Waals surface area (Å²) in [7, 11) is 0. The highest BCUT2D eigenvalue weighted by Crippen LogP contribution is 2.48. The van der Waals surface area contributed by atoms with Gasteiger partial charge in [0.2, 0.25) is 0 Å². The molecule has 0 bridgehead atoms. The summed E-state index contributed by atoms with van der Waals surface area (Å²) >= 11 is 5.92. The van der Waals surface area contributed by atoms with Crippen LogP contribution in [0.5, 0.6) is 11.5 Å². The molecule has 166 valence electrons. The Balaban J connectivity index is 1.47. The highest BCUT2D eigenvalue weighted by molar-refractivity contribution is 6.32. The number of fused-ring (bicyclic) bond motifs is 4. The number of likely N-dealkylation sites (tertiary alicyclic amines) is 1. The second-order valence-corrected chi connectivity index (χ2v) is 8.37. The number of ether oxygens (including phenoxy) is 1. The van der Waals surface area contributed by atoms with Crippen molar-refractivity contribution in [1.82, 2.24) is 9.47 Å². The zero-order chi connectivity index (χ0) is 22.7. The Morgan fingerprint density at radius 1 is 1.06 bits per heavy atom. The number of para-hydroxylation sites is 2. The molecule has 1 saturated heterocycles. The van der Waals surface area contributed by atoms with Gasteiger partial charge < -0.3 is 19.3 Å². The van der Waals surface area contributed by atoms with Crippen LogP contribution in [-0.4, -0.2) is 33.6 Å². The van der Waals surface area contributed by atoms with Crippen molar-refractivity contribution in [3.8, 4) is 17.2 Å². The van der Waals surface area contributed by atoms with Gasteiger partial charge in [0.05, 0.1) is 16.4 Å². The summed E-state index contributed by atoms with van der Waals surface area (Å²) in [6, 6.07) is 13.5. The SMILES string of the molecule is O=C(c1ccc(O)c(Cl)c1)N1CCC2(CC1)Oc1ccccc1-n1c(C(F)(F)F)ccc12. The number of benzene rings is 2. The molecule has 2 aromatic carbocycles. The van der Waals surface area contributed by atoms with Crippen molar-refractivity contribution in [2.45, 2.75) is 24.6 Å². The van der Waals surface area contributed by atoms with E-state index in [0.717, 1.165) is 6.07 Å². The molecule has 1 spiro atoms. The number of carbonyl (C=O) groups is 1. The summed E-state index contributed by atoms with van der Waals surface area (Å²) in [5.41, 5.74) is -0.603. The Labute approximate surface area is 186 Å². The van der Waals surface area contributed by atoms with Gasteiger partial charge in [0.15, 0.2) is 5.60 Å². The molecule has 1 fully saturated rings. The van der Waals surface area contributed by atoms with Crippen LogP contribution in [0.1, 0.15) is 34.6 Å². The number of phenolic OH excluding ortho intramolecular Hbond substituents is 1. The minimum atomic E-state index is -4.52. The molecule has 1 N–H and O–H groups in total. The number of carbonyl (C=O) groups excluding carboxylic acids is 1. The first kappa shape index (κ1) is 20.8. The number of rotatable bonds is 1. The number of alkyl halides is 3. The van der Waals surface area contributed by atoms with E-state index in [-0.39, 0.29) is 16.7 Å². The molecule has 2 aliphatic rings. The molecule has 3 aromatic rings. The summed E-state index contributed by atoms with van der Waals surface area (Å²) in [4.78, 5) is 14.5. The van der Waals surface area contributed by atoms with E-state index in [2.05, 4.69) is 0 Å². The summed E-state index contributed by atoms with van der Waals surface area (Å²) in [6.07, 6.45) is -3.85.